The maximum Gasteiger partial charge on any atom is 0.305 e. The van der Waals surface area contributed by atoms with Crippen LogP contribution in [0.15, 0.2) is 24.3 Å². The fourth-order valence-corrected chi connectivity index (χ4v) is 8.63. The fourth-order valence-electron chi connectivity index (χ4n) is 8.63. The maximum absolute atomic E-state index is 12.5. The van der Waals surface area contributed by atoms with Gasteiger partial charge in [0.2, 0.25) is 5.91 Å². The summed E-state index contributed by atoms with van der Waals surface area (Å²) in [5, 5.41) is 23.3. The number of aliphatic hydroxyl groups is 2. The molecule has 0 spiro atoms. The maximum atomic E-state index is 12.5. The van der Waals surface area contributed by atoms with Crippen molar-refractivity contribution in [1.82, 2.24) is 5.32 Å². The molecule has 0 aromatic rings. The van der Waals surface area contributed by atoms with Gasteiger partial charge in [-0.2, -0.15) is 0 Å². The molecule has 0 saturated heterocycles. The van der Waals surface area contributed by atoms with Crippen LogP contribution in [-0.2, 0) is 14.3 Å². The molecule has 0 aromatic heterocycles. The normalized spacial score (nSPS) is 12.8. The molecule has 2 atom stereocenters. The topological polar surface area (TPSA) is 95.9 Å². The van der Waals surface area contributed by atoms with E-state index in [0.29, 0.717) is 25.9 Å². The molecule has 0 saturated carbocycles. The summed E-state index contributed by atoms with van der Waals surface area (Å²) in [6, 6.07) is -0.562. The Hall–Kier alpha value is -1.66. The van der Waals surface area contributed by atoms with Gasteiger partial charge in [-0.25, -0.2) is 0 Å². The van der Waals surface area contributed by atoms with Crippen LogP contribution in [0.4, 0.5) is 0 Å². The van der Waals surface area contributed by atoms with Crippen LogP contribution in [0, 0.1) is 0 Å². The molecular formula is C57H109NO5. The molecule has 0 bridgehead atoms. The summed E-state index contributed by atoms with van der Waals surface area (Å²) in [5.41, 5.74) is 0. The number of allylic oxidation sites excluding steroid dienone is 4. The van der Waals surface area contributed by atoms with Crippen LogP contribution in [0.1, 0.15) is 303 Å². The van der Waals surface area contributed by atoms with Crippen LogP contribution in [0.2, 0.25) is 0 Å². The minimum Gasteiger partial charge on any atom is -0.466 e. The number of unbranched alkanes of at least 4 members (excludes halogenated alkanes) is 37. The predicted molar refractivity (Wildman–Crippen MR) is 273 cm³/mol. The Morgan fingerprint density at radius 2 is 0.746 bits per heavy atom. The number of ether oxygens (including phenoxy) is 1. The van der Waals surface area contributed by atoms with Crippen molar-refractivity contribution in [2.45, 2.75) is 315 Å². The molecule has 0 radical (unpaired) electrons. The van der Waals surface area contributed by atoms with E-state index < -0.39 is 12.1 Å². The van der Waals surface area contributed by atoms with Gasteiger partial charge in [0, 0.05) is 12.8 Å². The summed E-state index contributed by atoms with van der Waals surface area (Å²) < 4.78 is 5.46. The van der Waals surface area contributed by atoms with Crippen LogP contribution in [0.3, 0.4) is 0 Å². The highest BCUT2D eigenvalue weighted by atomic mass is 16.5. The van der Waals surface area contributed by atoms with Gasteiger partial charge in [0.1, 0.15) is 0 Å². The Morgan fingerprint density at radius 3 is 1.14 bits per heavy atom. The first-order valence-corrected chi connectivity index (χ1v) is 28.1. The second-order valence-electron chi connectivity index (χ2n) is 19.3. The van der Waals surface area contributed by atoms with E-state index in [9.17, 15) is 19.8 Å². The lowest BCUT2D eigenvalue weighted by molar-refractivity contribution is -0.143. The third-order valence-corrected chi connectivity index (χ3v) is 13.0. The van der Waals surface area contributed by atoms with Gasteiger partial charge in [-0.15, -0.1) is 0 Å². The van der Waals surface area contributed by atoms with Crippen LogP contribution < -0.4 is 5.32 Å². The minimum atomic E-state index is -0.682. The minimum absolute atomic E-state index is 0.0201. The van der Waals surface area contributed by atoms with Crippen molar-refractivity contribution in [2.24, 2.45) is 0 Å². The van der Waals surface area contributed by atoms with Crippen LogP contribution in [0.5, 0.6) is 0 Å². The van der Waals surface area contributed by atoms with Crippen molar-refractivity contribution in [3.05, 3.63) is 24.3 Å². The standard InChI is InChI=1S/C57H109NO5/c1-3-5-7-9-11-13-15-17-19-20-21-23-25-29-33-37-41-45-49-55(60)54(53-59)58-56(61)50-46-42-38-34-30-26-24-28-32-36-40-44-48-52-63-57(62)51-47-43-39-35-31-27-22-18-16-14-12-10-8-6-4-2/h18,22,26,30,54-55,59-60H,3-17,19-21,23-25,27-29,31-53H2,1-2H3,(H,58,61)/b22-18-,30-26-. The number of aliphatic hydroxyl groups excluding tert-OH is 2. The van der Waals surface area contributed by atoms with Gasteiger partial charge < -0.3 is 20.3 Å². The molecule has 1 amide bonds. The molecule has 6 nitrogen and oxygen atoms in total. The molecule has 0 rings (SSSR count). The van der Waals surface area contributed by atoms with Crippen molar-refractivity contribution < 1.29 is 24.5 Å². The summed E-state index contributed by atoms with van der Waals surface area (Å²) in [6.07, 6.45) is 63.0. The van der Waals surface area contributed by atoms with E-state index in [0.717, 1.165) is 70.6 Å². The second kappa shape index (κ2) is 53.0. The number of hydrogen-bond donors (Lipinski definition) is 3. The highest BCUT2D eigenvalue weighted by Gasteiger charge is 2.20. The van der Waals surface area contributed by atoms with Crippen molar-refractivity contribution in [3.8, 4) is 0 Å². The first-order chi connectivity index (χ1) is 31.0. The van der Waals surface area contributed by atoms with Gasteiger partial charge in [0.15, 0.2) is 0 Å². The number of amides is 1. The molecule has 0 aromatic carbocycles. The zero-order valence-corrected chi connectivity index (χ0v) is 42.3. The van der Waals surface area contributed by atoms with E-state index in [2.05, 4.69) is 43.5 Å². The van der Waals surface area contributed by atoms with Gasteiger partial charge in [-0.1, -0.05) is 237 Å². The average molecular weight is 889 g/mol. The third kappa shape index (κ3) is 49.6. The summed E-state index contributed by atoms with van der Waals surface area (Å²) in [7, 11) is 0. The lowest BCUT2D eigenvalue weighted by Crippen LogP contribution is -2.45. The number of carbonyl (C=O) groups excluding carboxylic acids is 2. The van der Waals surface area contributed by atoms with E-state index in [4.69, 9.17) is 4.74 Å². The van der Waals surface area contributed by atoms with Gasteiger partial charge in [-0.3, -0.25) is 9.59 Å². The Morgan fingerprint density at radius 1 is 0.429 bits per heavy atom. The Kier molecular flexibility index (Phi) is 51.6. The highest BCUT2D eigenvalue weighted by molar-refractivity contribution is 5.76. The number of nitrogens with one attached hydrogen (secondary N) is 1. The SMILES string of the molecule is CCCCCCCC/C=C\CCCCCCCC(=O)OCCCCCCCC/C=C\CCCCCC(=O)NC(CO)C(O)CCCCCCCCCCCCCCCCCCCC. The molecule has 6 heteroatoms. The van der Waals surface area contributed by atoms with Crippen LogP contribution >= 0.6 is 0 Å². The van der Waals surface area contributed by atoms with Crippen LogP contribution in [0.25, 0.3) is 0 Å². The summed E-state index contributed by atoms with van der Waals surface area (Å²) >= 11 is 0. The van der Waals surface area contributed by atoms with Gasteiger partial charge in [-0.05, 0) is 77.0 Å². The third-order valence-electron chi connectivity index (χ3n) is 13.0. The second-order valence-corrected chi connectivity index (χ2v) is 19.3. The summed E-state index contributed by atoms with van der Waals surface area (Å²) in [4.78, 5) is 24.5. The quantitative estimate of drug-likeness (QED) is 0.0321. The van der Waals surface area contributed by atoms with Crippen molar-refractivity contribution in [2.75, 3.05) is 13.2 Å². The number of hydrogen-bond acceptors (Lipinski definition) is 5. The molecular weight excluding hydrogens is 779 g/mol. The van der Waals surface area contributed by atoms with Gasteiger partial charge in [0.05, 0.1) is 25.4 Å². The molecule has 0 aliphatic rings. The lowest BCUT2D eigenvalue weighted by atomic mass is 10.0. The first-order valence-electron chi connectivity index (χ1n) is 28.1. The number of esters is 1. The largest absolute Gasteiger partial charge is 0.466 e. The lowest BCUT2D eigenvalue weighted by Gasteiger charge is -2.22. The molecule has 63 heavy (non-hydrogen) atoms. The first kappa shape index (κ1) is 61.3. The van der Waals surface area contributed by atoms with Crippen LogP contribution in [-0.4, -0.2) is 47.4 Å². The zero-order chi connectivity index (χ0) is 45.8. The fraction of sp³-hybridized carbons (Fsp3) is 0.895. The Balaban J connectivity index is 3.50. The molecule has 3 N–H and O–H groups in total. The monoisotopic (exact) mass is 888 g/mol. The molecule has 0 aliphatic carbocycles. The van der Waals surface area contributed by atoms with Crippen molar-refractivity contribution in [3.63, 3.8) is 0 Å². The van der Waals surface area contributed by atoms with Crippen molar-refractivity contribution in [1.29, 1.82) is 0 Å². The van der Waals surface area contributed by atoms with Gasteiger partial charge in [0.25, 0.3) is 0 Å². The molecule has 372 valence electrons. The highest BCUT2D eigenvalue weighted by Crippen LogP contribution is 2.17. The molecule has 0 aliphatic heterocycles. The van der Waals surface area contributed by atoms with Gasteiger partial charge >= 0.3 is 5.97 Å². The number of carbonyl (C=O) groups is 2. The predicted octanol–water partition coefficient (Wildman–Crippen LogP) is 17.1. The summed E-state index contributed by atoms with van der Waals surface area (Å²) in [6.45, 7) is 4.91. The van der Waals surface area contributed by atoms with Crippen molar-refractivity contribution >= 4 is 11.9 Å². The smallest absolute Gasteiger partial charge is 0.305 e. The Labute approximate surface area is 392 Å². The molecule has 2 unspecified atom stereocenters. The summed E-state index contributed by atoms with van der Waals surface area (Å²) in [5.74, 6) is -0.0835. The molecule has 0 fully saturated rings. The van der Waals surface area contributed by atoms with E-state index in [1.54, 1.807) is 0 Å². The van der Waals surface area contributed by atoms with E-state index in [-0.39, 0.29) is 18.5 Å². The van der Waals surface area contributed by atoms with E-state index in [1.807, 2.05) is 0 Å². The Bertz CT molecular complexity index is 982. The zero-order valence-electron chi connectivity index (χ0n) is 42.3. The average Bonchev–Trinajstić information content (AvgIpc) is 3.28. The molecule has 0 heterocycles. The van der Waals surface area contributed by atoms with E-state index >= 15 is 0 Å². The van der Waals surface area contributed by atoms with E-state index in [1.165, 1.54) is 199 Å². The number of rotatable bonds is 52.